The Morgan fingerprint density at radius 2 is 1.71 bits per heavy atom. The van der Waals surface area contributed by atoms with Crippen LogP contribution in [-0.2, 0) is 14.8 Å². The van der Waals surface area contributed by atoms with E-state index in [4.69, 9.17) is 0 Å². The van der Waals surface area contributed by atoms with Crippen LogP contribution in [0.1, 0.15) is 48.6 Å². The Morgan fingerprint density at radius 3 is 2.23 bits per heavy atom. The van der Waals surface area contributed by atoms with Crippen molar-refractivity contribution in [1.82, 2.24) is 5.32 Å². The highest BCUT2D eigenvalue weighted by atomic mass is 32.2. The van der Waals surface area contributed by atoms with Gasteiger partial charge in [-0.3, -0.25) is 19.2 Å². The number of hydrogen-bond donors (Lipinski definition) is 1. The van der Waals surface area contributed by atoms with Gasteiger partial charge in [0.05, 0.1) is 22.9 Å². The smallest absolute Gasteiger partial charge is 0.271 e. The number of carbonyl (C=O) groups is 1. The number of non-ortho nitro benzene ring substituents is 1. The first-order valence-electron chi connectivity index (χ1n) is 9.98. The maximum atomic E-state index is 13.1. The molecule has 2 atom stereocenters. The van der Waals surface area contributed by atoms with E-state index in [9.17, 15) is 23.3 Å². The Labute approximate surface area is 183 Å². The minimum absolute atomic E-state index is 0.110. The second-order valence-corrected chi connectivity index (χ2v) is 9.64. The molecule has 0 heterocycles. The van der Waals surface area contributed by atoms with Crippen LogP contribution in [0.5, 0.6) is 0 Å². The Morgan fingerprint density at radius 1 is 1.10 bits per heavy atom. The van der Waals surface area contributed by atoms with E-state index in [1.54, 1.807) is 6.92 Å². The number of nitro groups is 1. The van der Waals surface area contributed by atoms with Gasteiger partial charge in [-0.15, -0.1) is 0 Å². The lowest BCUT2D eigenvalue weighted by atomic mass is 9.99. The molecule has 0 aliphatic rings. The van der Waals surface area contributed by atoms with Crippen LogP contribution >= 0.6 is 0 Å². The van der Waals surface area contributed by atoms with Crippen molar-refractivity contribution in [3.8, 4) is 0 Å². The van der Waals surface area contributed by atoms with E-state index in [1.807, 2.05) is 39.0 Å². The first-order valence-corrected chi connectivity index (χ1v) is 11.8. The molecule has 0 saturated heterocycles. The SMILES string of the molecule is CC[C@@H](NC(=O)[C@@H](C)N(c1cc([N+](=O)[O-])ccc1C)S(C)(=O)=O)c1ccc(C)c(C)c1. The molecule has 0 unspecified atom stereocenters. The fourth-order valence-electron chi connectivity index (χ4n) is 3.42. The van der Waals surface area contributed by atoms with Gasteiger partial charge in [0, 0.05) is 12.1 Å². The summed E-state index contributed by atoms with van der Waals surface area (Å²) in [4.78, 5) is 23.7. The highest BCUT2D eigenvalue weighted by Gasteiger charge is 2.32. The molecule has 0 aliphatic carbocycles. The molecule has 2 aromatic carbocycles. The molecule has 0 fully saturated rings. The van der Waals surface area contributed by atoms with Crippen LogP contribution in [0.4, 0.5) is 11.4 Å². The van der Waals surface area contributed by atoms with Crippen LogP contribution in [0, 0.1) is 30.9 Å². The number of rotatable bonds is 8. The number of nitrogens with zero attached hydrogens (tertiary/aromatic N) is 2. The third kappa shape index (κ3) is 5.61. The molecule has 0 spiro atoms. The van der Waals surface area contributed by atoms with E-state index >= 15 is 0 Å². The Kier molecular flexibility index (Phi) is 7.43. The number of sulfonamides is 1. The maximum Gasteiger partial charge on any atom is 0.271 e. The molecule has 8 nitrogen and oxygen atoms in total. The predicted molar refractivity (Wildman–Crippen MR) is 122 cm³/mol. The first kappa shape index (κ1) is 24.3. The first-order chi connectivity index (χ1) is 14.4. The van der Waals surface area contributed by atoms with E-state index in [2.05, 4.69) is 5.32 Å². The molecule has 0 bridgehead atoms. The minimum Gasteiger partial charge on any atom is -0.347 e. The van der Waals surface area contributed by atoms with Crippen molar-refractivity contribution in [2.45, 2.75) is 53.1 Å². The van der Waals surface area contributed by atoms with Crippen LogP contribution < -0.4 is 9.62 Å². The maximum absolute atomic E-state index is 13.1. The van der Waals surface area contributed by atoms with Gasteiger partial charge in [0.25, 0.3) is 5.69 Å². The number of nitrogens with one attached hydrogen (secondary N) is 1. The summed E-state index contributed by atoms with van der Waals surface area (Å²) in [5.41, 5.74) is 3.55. The number of anilines is 1. The lowest BCUT2D eigenvalue weighted by Gasteiger charge is -2.30. The fraction of sp³-hybridized carbons (Fsp3) is 0.409. The van der Waals surface area contributed by atoms with Gasteiger partial charge in [-0.2, -0.15) is 0 Å². The van der Waals surface area contributed by atoms with Gasteiger partial charge in [0.2, 0.25) is 15.9 Å². The van der Waals surface area contributed by atoms with Crippen molar-refractivity contribution in [2.24, 2.45) is 0 Å². The number of carbonyl (C=O) groups excluding carboxylic acids is 1. The highest BCUT2D eigenvalue weighted by Crippen LogP contribution is 2.30. The van der Waals surface area contributed by atoms with E-state index in [-0.39, 0.29) is 17.4 Å². The topological polar surface area (TPSA) is 110 Å². The second kappa shape index (κ2) is 9.47. The van der Waals surface area contributed by atoms with E-state index in [0.29, 0.717) is 12.0 Å². The average Bonchev–Trinajstić information content (AvgIpc) is 2.68. The molecule has 31 heavy (non-hydrogen) atoms. The average molecular weight is 448 g/mol. The molecule has 0 radical (unpaired) electrons. The van der Waals surface area contributed by atoms with Gasteiger partial charge >= 0.3 is 0 Å². The van der Waals surface area contributed by atoms with Crippen LogP contribution in [0.25, 0.3) is 0 Å². The lowest BCUT2D eigenvalue weighted by Crippen LogP contribution is -2.48. The molecule has 9 heteroatoms. The summed E-state index contributed by atoms with van der Waals surface area (Å²) in [5, 5.41) is 14.1. The molecule has 0 saturated carbocycles. The highest BCUT2D eigenvalue weighted by molar-refractivity contribution is 7.92. The van der Waals surface area contributed by atoms with E-state index in [0.717, 1.165) is 27.3 Å². The zero-order valence-electron chi connectivity index (χ0n) is 18.7. The third-order valence-electron chi connectivity index (χ3n) is 5.39. The number of benzene rings is 2. The molecular weight excluding hydrogens is 418 g/mol. The molecular formula is C22H29N3O5S. The molecule has 0 aliphatic heterocycles. The summed E-state index contributed by atoms with van der Waals surface area (Å²) >= 11 is 0. The van der Waals surface area contributed by atoms with E-state index < -0.39 is 26.9 Å². The predicted octanol–water partition coefficient (Wildman–Crippen LogP) is 3.94. The molecule has 2 aromatic rings. The zero-order chi connectivity index (χ0) is 23.5. The van der Waals surface area contributed by atoms with Crippen LogP contribution in [0.15, 0.2) is 36.4 Å². The largest absolute Gasteiger partial charge is 0.347 e. The second-order valence-electron chi connectivity index (χ2n) is 7.78. The van der Waals surface area contributed by atoms with Crippen molar-refractivity contribution < 1.29 is 18.1 Å². The third-order valence-corrected chi connectivity index (χ3v) is 6.62. The minimum atomic E-state index is -3.90. The molecule has 168 valence electrons. The summed E-state index contributed by atoms with van der Waals surface area (Å²) in [7, 11) is -3.90. The summed E-state index contributed by atoms with van der Waals surface area (Å²) in [6.07, 6.45) is 1.60. The van der Waals surface area contributed by atoms with Crippen molar-refractivity contribution in [1.29, 1.82) is 0 Å². The molecule has 1 N–H and O–H groups in total. The lowest BCUT2D eigenvalue weighted by molar-refractivity contribution is -0.384. The Bertz CT molecular complexity index is 1100. The number of nitro benzene ring substituents is 1. The van der Waals surface area contributed by atoms with Crippen molar-refractivity contribution in [2.75, 3.05) is 10.6 Å². The van der Waals surface area contributed by atoms with Crippen LogP contribution in [0.3, 0.4) is 0 Å². The van der Waals surface area contributed by atoms with Gasteiger partial charge in [0.1, 0.15) is 6.04 Å². The molecule has 2 rings (SSSR count). The van der Waals surface area contributed by atoms with Crippen molar-refractivity contribution in [3.63, 3.8) is 0 Å². The van der Waals surface area contributed by atoms with Crippen molar-refractivity contribution >= 4 is 27.3 Å². The van der Waals surface area contributed by atoms with Crippen molar-refractivity contribution in [3.05, 3.63) is 68.8 Å². The van der Waals surface area contributed by atoms with Gasteiger partial charge in [-0.05, 0) is 56.4 Å². The summed E-state index contributed by atoms with van der Waals surface area (Å²) < 4.78 is 26.1. The summed E-state index contributed by atoms with van der Waals surface area (Å²) in [6.45, 7) is 9.05. The summed E-state index contributed by atoms with van der Waals surface area (Å²) in [5.74, 6) is -0.485. The van der Waals surface area contributed by atoms with Gasteiger partial charge < -0.3 is 5.32 Å². The Balaban J connectivity index is 2.40. The summed E-state index contributed by atoms with van der Waals surface area (Å²) in [6, 6.07) is 8.50. The number of hydrogen-bond acceptors (Lipinski definition) is 5. The monoisotopic (exact) mass is 447 g/mol. The molecule has 0 aromatic heterocycles. The standard InChI is InChI=1S/C22H29N3O5S/c1-7-20(18-10-8-14(2)16(4)12-18)23-22(26)17(5)24(31(6,29)30)21-13-19(25(27)28)11-9-15(21)3/h8-13,17,20H,7H2,1-6H3,(H,23,26)/t17-,20-/m1/s1. The number of amides is 1. The van der Waals surface area contributed by atoms with Gasteiger partial charge in [0.15, 0.2) is 0 Å². The normalized spacial score (nSPS) is 13.4. The number of aryl methyl sites for hydroxylation is 3. The van der Waals surface area contributed by atoms with Gasteiger partial charge in [-0.1, -0.05) is 31.2 Å². The quantitative estimate of drug-likeness (QED) is 0.487. The van der Waals surface area contributed by atoms with Gasteiger partial charge in [-0.25, -0.2) is 8.42 Å². The van der Waals surface area contributed by atoms with Crippen LogP contribution in [-0.4, -0.2) is 31.5 Å². The van der Waals surface area contributed by atoms with Crippen LogP contribution in [0.2, 0.25) is 0 Å². The fourth-order valence-corrected chi connectivity index (χ4v) is 4.65. The Hall–Kier alpha value is -2.94. The molecule has 1 amide bonds. The zero-order valence-corrected chi connectivity index (χ0v) is 19.5. The van der Waals surface area contributed by atoms with E-state index in [1.165, 1.54) is 25.1 Å².